The quantitative estimate of drug-likeness (QED) is 0.567. The average Bonchev–Trinajstić information content (AvgIpc) is 2.94. The van der Waals surface area contributed by atoms with Crippen LogP contribution in [0.5, 0.6) is 0 Å². The molecule has 2 aliphatic rings. The van der Waals surface area contributed by atoms with Crippen molar-refractivity contribution in [2.75, 3.05) is 26.3 Å². The van der Waals surface area contributed by atoms with Crippen LogP contribution in [0.25, 0.3) is 0 Å². The van der Waals surface area contributed by atoms with Crippen LogP contribution < -0.4 is 0 Å². The van der Waals surface area contributed by atoms with E-state index in [1.807, 2.05) is 11.8 Å². The van der Waals surface area contributed by atoms with Gasteiger partial charge in [-0.3, -0.25) is 4.79 Å². The Bertz CT molecular complexity index is 185. The van der Waals surface area contributed by atoms with Crippen LogP contribution in [0, 0.1) is 0 Å². The smallest absolute Gasteiger partial charge is 0.222 e. The second-order valence-electron chi connectivity index (χ2n) is 3.56. The molecule has 0 bridgehead atoms. The molecule has 1 amide bonds. The number of epoxide rings is 2. The predicted octanol–water partition coefficient (Wildman–Crippen LogP) is 0.0226. The van der Waals surface area contributed by atoms with Gasteiger partial charge >= 0.3 is 0 Å². The van der Waals surface area contributed by atoms with Gasteiger partial charge in [-0.05, 0) is 0 Å². The van der Waals surface area contributed by atoms with Crippen molar-refractivity contribution in [2.24, 2.45) is 0 Å². The SMILES string of the molecule is CCC(=O)N(CC1CO1)CC1CO1. The summed E-state index contributed by atoms with van der Waals surface area (Å²) in [6.45, 7) is 4.98. The van der Waals surface area contributed by atoms with Gasteiger partial charge in [-0.2, -0.15) is 0 Å². The first-order valence-electron chi connectivity index (χ1n) is 4.80. The summed E-state index contributed by atoms with van der Waals surface area (Å²) >= 11 is 0. The molecule has 0 spiro atoms. The maximum absolute atomic E-state index is 11.5. The number of carbonyl (C=O) groups excluding carboxylic acids is 1. The van der Waals surface area contributed by atoms with Crippen molar-refractivity contribution in [1.29, 1.82) is 0 Å². The first kappa shape index (κ1) is 8.97. The minimum absolute atomic E-state index is 0.200. The van der Waals surface area contributed by atoms with Gasteiger partial charge in [-0.25, -0.2) is 0 Å². The molecular formula is C9H15NO3. The fourth-order valence-electron chi connectivity index (χ4n) is 1.34. The standard InChI is InChI=1S/C9H15NO3/c1-2-9(11)10(3-7-5-12-7)4-8-6-13-8/h7-8H,2-6H2,1H3. The molecule has 2 rings (SSSR count). The number of rotatable bonds is 5. The highest BCUT2D eigenvalue weighted by Gasteiger charge is 2.32. The highest BCUT2D eigenvalue weighted by atomic mass is 16.6. The van der Waals surface area contributed by atoms with E-state index in [0.717, 1.165) is 26.3 Å². The molecule has 0 saturated carbocycles. The zero-order valence-corrected chi connectivity index (χ0v) is 7.86. The minimum atomic E-state index is 0.200. The van der Waals surface area contributed by atoms with Gasteiger partial charge in [-0.1, -0.05) is 6.92 Å². The van der Waals surface area contributed by atoms with Crippen LogP contribution in [0.4, 0.5) is 0 Å². The third-order valence-electron chi connectivity index (χ3n) is 2.31. The molecule has 0 aromatic rings. The van der Waals surface area contributed by atoms with E-state index in [9.17, 15) is 4.79 Å². The molecule has 2 atom stereocenters. The number of hydrogen-bond donors (Lipinski definition) is 0. The van der Waals surface area contributed by atoms with Crippen LogP contribution in [0.2, 0.25) is 0 Å². The Morgan fingerprint density at radius 3 is 2.08 bits per heavy atom. The van der Waals surface area contributed by atoms with Gasteiger partial charge in [0.2, 0.25) is 5.91 Å². The fraction of sp³-hybridized carbons (Fsp3) is 0.889. The highest BCUT2D eigenvalue weighted by Crippen LogP contribution is 2.16. The van der Waals surface area contributed by atoms with Crippen LogP contribution >= 0.6 is 0 Å². The summed E-state index contributed by atoms with van der Waals surface area (Å²) in [5, 5.41) is 0. The van der Waals surface area contributed by atoms with Crippen molar-refractivity contribution in [3.8, 4) is 0 Å². The molecule has 4 nitrogen and oxygen atoms in total. The summed E-state index contributed by atoms with van der Waals surface area (Å²) in [5.41, 5.74) is 0. The monoisotopic (exact) mass is 185 g/mol. The van der Waals surface area contributed by atoms with E-state index in [0.29, 0.717) is 6.42 Å². The molecule has 13 heavy (non-hydrogen) atoms. The summed E-state index contributed by atoms with van der Waals surface area (Å²) in [7, 11) is 0. The van der Waals surface area contributed by atoms with Crippen LogP contribution in [0.3, 0.4) is 0 Å². The third kappa shape index (κ3) is 2.67. The summed E-state index contributed by atoms with van der Waals surface area (Å²) in [5.74, 6) is 0.200. The molecule has 2 saturated heterocycles. The average molecular weight is 185 g/mol. The van der Waals surface area contributed by atoms with Crippen LogP contribution in [-0.2, 0) is 14.3 Å². The Labute approximate surface area is 77.8 Å². The summed E-state index contributed by atoms with van der Waals surface area (Å²) in [6, 6.07) is 0. The molecule has 2 unspecified atom stereocenters. The molecule has 74 valence electrons. The van der Waals surface area contributed by atoms with Gasteiger partial charge in [-0.15, -0.1) is 0 Å². The second kappa shape index (κ2) is 3.64. The first-order chi connectivity index (χ1) is 6.29. The Balaban J connectivity index is 1.80. The normalized spacial score (nSPS) is 29.9. The van der Waals surface area contributed by atoms with Crippen molar-refractivity contribution in [2.45, 2.75) is 25.6 Å². The highest BCUT2D eigenvalue weighted by molar-refractivity contribution is 5.75. The Morgan fingerprint density at radius 1 is 1.31 bits per heavy atom. The van der Waals surface area contributed by atoms with E-state index in [-0.39, 0.29) is 18.1 Å². The third-order valence-corrected chi connectivity index (χ3v) is 2.31. The van der Waals surface area contributed by atoms with E-state index in [2.05, 4.69) is 0 Å². The van der Waals surface area contributed by atoms with Crippen molar-refractivity contribution in [3.05, 3.63) is 0 Å². The van der Waals surface area contributed by atoms with E-state index in [4.69, 9.17) is 9.47 Å². The molecule has 0 aromatic heterocycles. The fourth-order valence-corrected chi connectivity index (χ4v) is 1.34. The van der Waals surface area contributed by atoms with Crippen molar-refractivity contribution < 1.29 is 14.3 Å². The van der Waals surface area contributed by atoms with Gasteiger partial charge in [0.15, 0.2) is 0 Å². The van der Waals surface area contributed by atoms with Gasteiger partial charge < -0.3 is 14.4 Å². The molecule has 0 radical (unpaired) electrons. The molecule has 2 heterocycles. The van der Waals surface area contributed by atoms with E-state index >= 15 is 0 Å². The van der Waals surface area contributed by atoms with Crippen LogP contribution in [-0.4, -0.2) is 49.3 Å². The molecular weight excluding hydrogens is 170 g/mol. The van der Waals surface area contributed by atoms with Gasteiger partial charge in [0.05, 0.1) is 25.4 Å². The summed E-state index contributed by atoms with van der Waals surface area (Å²) in [6.07, 6.45) is 1.14. The molecule has 2 fully saturated rings. The van der Waals surface area contributed by atoms with E-state index < -0.39 is 0 Å². The number of ether oxygens (including phenoxy) is 2. The zero-order chi connectivity index (χ0) is 9.26. The zero-order valence-electron chi connectivity index (χ0n) is 7.86. The largest absolute Gasteiger partial charge is 0.371 e. The van der Waals surface area contributed by atoms with Crippen LogP contribution in [0.15, 0.2) is 0 Å². The first-order valence-corrected chi connectivity index (χ1v) is 4.80. The summed E-state index contributed by atoms with van der Waals surface area (Å²) in [4.78, 5) is 13.3. The Hall–Kier alpha value is -0.610. The van der Waals surface area contributed by atoms with Crippen molar-refractivity contribution >= 4 is 5.91 Å². The Morgan fingerprint density at radius 2 is 1.77 bits per heavy atom. The van der Waals surface area contributed by atoms with Crippen LogP contribution in [0.1, 0.15) is 13.3 Å². The molecule has 0 aromatic carbocycles. The molecule has 0 N–H and O–H groups in total. The number of carbonyl (C=O) groups is 1. The lowest BCUT2D eigenvalue weighted by molar-refractivity contribution is -0.131. The lowest BCUT2D eigenvalue weighted by Crippen LogP contribution is -2.36. The number of nitrogens with zero attached hydrogens (tertiary/aromatic N) is 1. The van der Waals surface area contributed by atoms with Gasteiger partial charge in [0.25, 0.3) is 0 Å². The van der Waals surface area contributed by atoms with Gasteiger partial charge in [0.1, 0.15) is 0 Å². The van der Waals surface area contributed by atoms with E-state index in [1.165, 1.54) is 0 Å². The second-order valence-corrected chi connectivity index (χ2v) is 3.56. The number of hydrogen-bond acceptors (Lipinski definition) is 3. The topological polar surface area (TPSA) is 45.4 Å². The van der Waals surface area contributed by atoms with Crippen molar-refractivity contribution in [1.82, 2.24) is 4.90 Å². The van der Waals surface area contributed by atoms with Gasteiger partial charge in [0, 0.05) is 19.5 Å². The lowest BCUT2D eigenvalue weighted by atomic mass is 10.3. The predicted molar refractivity (Wildman–Crippen MR) is 46.4 cm³/mol. The number of amides is 1. The molecule has 0 aliphatic carbocycles. The summed E-state index contributed by atoms with van der Waals surface area (Å²) < 4.78 is 10.2. The minimum Gasteiger partial charge on any atom is -0.371 e. The molecule has 2 aliphatic heterocycles. The molecule has 4 heteroatoms. The lowest BCUT2D eigenvalue weighted by Gasteiger charge is -2.19. The van der Waals surface area contributed by atoms with E-state index in [1.54, 1.807) is 0 Å². The maximum atomic E-state index is 11.5. The maximum Gasteiger partial charge on any atom is 0.222 e. The Kier molecular flexibility index (Phi) is 2.51. The van der Waals surface area contributed by atoms with Crippen molar-refractivity contribution in [3.63, 3.8) is 0 Å².